The number of piperidine rings is 1. The maximum absolute atomic E-state index is 16.6. The smallest absolute Gasteiger partial charge is 0.407 e. The molecule has 6 atom stereocenters. The summed E-state index contributed by atoms with van der Waals surface area (Å²) >= 11 is 0. The molecule has 4 aromatic rings. The van der Waals surface area contributed by atoms with Gasteiger partial charge in [-0.05, 0) is 97.3 Å². The minimum absolute atomic E-state index is 0.0250. The van der Waals surface area contributed by atoms with Crippen molar-refractivity contribution in [3.8, 4) is 22.4 Å². The van der Waals surface area contributed by atoms with Gasteiger partial charge in [-0.2, -0.15) is 8.78 Å². The Hall–Kier alpha value is -6.32. The quantitative estimate of drug-likeness (QED) is 0.129. The number of nitrogens with zero attached hydrogens (tertiary/aromatic N) is 4. The number of H-pyrrole nitrogens is 2. The molecule has 0 radical (unpaired) electrons. The fourth-order valence-corrected chi connectivity index (χ4v) is 10.1. The van der Waals surface area contributed by atoms with Crippen LogP contribution in [0.4, 0.5) is 18.4 Å². The van der Waals surface area contributed by atoms with E-state index in [2.05, 4.69) is 32.2 Å². The van der Waals surface area contributed by atoms with Crippen molar-refractivity contribution in [3.63, 3.8) is 0 Å². The lowest BCUT2D eigenvalue weighted by Crippen LogP contribution is -2.54. The Morgan fingerprint density at radius 1 is 0.891 bits per heavy atom. The first-order chi connectivity index (χ1) is 30.6. The van der Waals surface area contributed by atoms with Crippen LogP contribution < -0.4 is 21.3 Å². The molecule has 2 aliphatic carbocycles. The Morgan fingerprint density at radius 3 is 2.20 bits per heavy atom. The number of ether oxygens (including phenoxy) is 2. The van der Waals surface area contributed by atoms with Crippen molar-refractivity contribution in [3.05, 3.63) is 88.2 Å². The van der Waals surface area contributed by atoms with Crippen LogP contribution in [0.3, 0.4) is 0 Å². The summed E-state index contributed by atoms with van der Waals surface area (Å²) in [6.45, 7) is 14.1. The van der Waals surface area contributed by atoms with Crippen molar-refractivity contribution >= 4 is 41.7 Å². The average molecular weight is 879 g/mol. The maximum atomic E-state index is 16.6. The van der Waals surface area contributed by atoms with E-state index in [0.717, 1.165) is 25.7 Å². The third-order valence-corrected chi connectivity index (χ3v) is 13.4. The van der Waals surface area contributed by atoms with Gasteiger partial charge in [0.25, 0.3) is 5.92 Å². The molecule has 16 heteroatoms. The number of rotatable bonds is 11. The number of nitrogens with one attached hydrogen (secondary N) is 4. The molecular weight excluding hydrogens is 823 g/mol. The minimum atomic E-state index is -3.31. The topological polar surface area (TPSA) is 175 Å². The third kappa shape index (κ3) is 7.84. The lowest BCUT2D eigenvalue weighted by Gasteiger charge is -2.37. The Morgan fingerprint density at radius 2 is 1.55 bits per heavy atom. The molecular formula is C48H56F2N8O6. The lowest BCUT2D eigenvalue weighted by atomic mass is 9.95. The van der Waals surface area contributed by atoms with Crippen LogP contribution in [-0.4, -0.2) is 92.6 Å². The van der Waals surface area contributed by atoms with E-state index in [1.54, 1.807) is 41.4 Å². The number of halogens is 2. The molecule has 0 unspecified atom stereocenters. The molecule has 2 aliphatic heterocycles. The zero-order valence-corrected chi connectivity index (χ0v) is 37.3. The molecule has 4 N–H and O–H groups in total. The number of aromatic amines is 2. The number of methoxy groups -OCH3 is 2. The van der Waals surface area contributed by atoms with Gasteiger partial charge in [-0.15, -0.1) is 0 Å². The average Bonchev–Trinajstić information content (AvgIpc) is 4.15. The number of fused-ring (bicyclic) bond motifs is 5. The van der Waals surface area contributed by atoms with Crippen molar-refractivity contribution in [1.29, 1.82) is 0 Å². The molecule has 0 spiro atoms. The van der Waals surface area contributed by atoms with Crippen LogP contribution in [0.1, 0.15) is 107 Å². The first-order valence-electron chi connectivity index (χ1n) is 22.0. The number of allylic oxidation sites excluding steroid dienone is 1. The standard InChI is InChI=1S/C48H56F2N8O6/c1-9-35-36(53-43(52-35)41-29-12-15-30(20-29)58(41)45(60)40(25(4)5)56-47(62)64-8)19-26(6)27-13-16-31-32-17-14-28(22-34(32)48(49,50)33(31)21-27)37-23-51-42(54-37)38-11-10-18-57(38)44(59)39(24(2)3)55-46(61)63-7/h9,13-14,16-17,19,21-25,29-30,38-41H,6,10-12,15,18,20H2,1-5,7-8H3,(H,51,54)(H,52,53)(H,55,61)(H,56,62)/b35-9+,36-19+/t29-,30+,38-,39-,40-,41-/m0/s1. The highest BCUT2D eigenvalue weighted by Gasteiger charge is 2.52. The van der Waals surface area contributed by atoms with Gasteiger partial charge in [0.05, 0.1) is 48.9 Å². The number of alkyl halides is 2. The van der Waals surface area contributed by atoms with Crippen molar-refractivity contribution in [1.82, 2.24) is 40.4 Å². The van der Waals surface area contributed by atoms with E-state index in [-0.39, 0.29) is 58.8 Å². The number of hydrogen-bond acceptors (Lipinski definition) is 8. The second-order valence-electron chi connectivity index (χ2n) is 18.0. The number of alkyl carbamates (subject to hydrolysis) is 2. The van der Waals surface area contributed by atoms with E-state index in [1.807, 2.05) is 45.6 Å². The van der Waals surface area contributed by atoms with E-state index in [9.17, 15) is 19.2 Å². The highest BCUT2D eigenvalue weighted by atomic mass is 19.3. The van der Waals surface area contributed by atoms with Gasteiger partial charge in [-0.1, -0.05) is 64.6 Å². The van der Waals surface area contributed by atoms with Gasteiger partial charge in [0, 0.05) is 29.3 Å². The Balaban J connectivity index is 1.03. The Labute approximate surface area is 370 Å². The van der Waals surface area contributed by atoms with Gasteiger partial charge in [-0.3, -0.25) is 9.59 Å². The molecule has 2 aromatic heterocycles. The number of aromatic nitrogens is 4. The molecule has 4 aliphatic rings. The molecule has 14 nitrogen and oxygen atoms in total. The molecule has 2 aromatic carbocycles. The van der Waals surface area contributed by atoms with Crippen LogP contribution in [0.25, 0.3) is 40.1 Å². The molecule has 8 rings (SSSR count). The van der Waals surface area contributed by atoms with Gasteiger partial charge in [0.15, 0.2) is 0 Å². The predicted octanol–water partition coefficient (Wildman–Crippen LogP) is 6.69. The van der Waals surface area contributed by atoms with Crippen LogP contribution in [-0.2, 0) is 25.0 Å². The summed E-state index contributed by atoms with van der Waals surface area (Å²) in [5.41, 5.74) is 2.71. The summed E-state index contributed by atoms with van der Waals surface area (Å²) in [7, 11) is 2.52. The van der Waals surface area contributed by atoms with Crippen LogP contribution in [0.15, 0.2) is 49.2 Å². The predicted molar refractivity (Wildman–Crippen MR) is 237 cm³/mol. The molecule has 2 saturated heterocycles. The number of carbonyl (C=O) groups is 4. The first kappa shape index (κ1) is 44.3. The first-order valence-corrected chi connectivity index (χ1v) is 22.0. The van der Waals surface area contributed by atoms with E-state index in [4.69, 9.17) is 14.5 Å². The Kier molecular flexibility index (Phi) is 12.0. The van der Waals surface area contributed by atoms with Crippen molar-refractivity contribution in [2.45, 2.75) is 103 Å². The van der Waals surface area contributed by atoms with E-state index in [0.29, 0.717) is 68.8 Å². The van der Waals surface area contributed by atoms with E-state index >= 15 is 8.78 Å². The molecule has 4 heterocycles. The minimum Gasteiger partial charge on any atom is -0.453 e. The summed E-state index contributed by atoms with van der Waals surface area (Å²) < 4.78 is 42.7. The fraction of sp³-hybridized carbons (Fsp3) is 0.458. The summed E-state index contributed by atoms with van der Waals surface area (Å²) in [5, 5.41) is 6.67. The van der Waals surface area contributed by atoms with Crippen molar-refractivity contribution < 1.29 is 37.4 Å². The summed E-state index contributed by atoms with van der Waals surface area (Å²) in [6.07, 6.45) is 7.97. The van der Waals surface area contributed by atoms with Crippen LogP contribution in [0, 0.1) is 17.8 Å². The SMILES string of the molecule is C=C(/C=c1/[nH]c([C@@H]2[C@H]3CC[C@H](C3)N2C(=O)[C@@H](NC(=O)OC)C(C)C)n/c1=C/C)c1ccc2c(c1)C(F)(F)c1cc(-c3cnc([C@@H]4CCCN4C(=O)[C@@H](NC(=O)OC)C(C)C)[nH]3)ccc1-2. The Bertz CT molecular complexity index is 2640. The van der Waals surface area contributed by atoms with Gasteiger partial charge < -0.3 is 39.9 Å². The summed E-state index contributed by atoms with van der Waals surface area (Å²) in [6, 6.07) is 7.76. The van der Waals surface area contributed by atoms with Crippen molar-refractivity contribution in [2.24, 2.45) is 17.8 Å². The van der Waals surface area contributed by atoms with Gasteiger partial charge in [-0.25, -0.2) is 19.6 Å². The third-order valence-electron chi connectivity index (χ3n) is 13.4. The van der Waals surface area contributed by atoms with Gasteiger partial charge >= 0.3 is 12.2 Å². The zero-order valence-electron chi connectivity index (χ0n) is 37.3. The number of likely N-dealkylation sites (tertiary alicyclic amines) is 2. The maximum Gasteiger partial charge on any atom is 0.407 e. The summed E-state index contributed by atoms with van der Waals surface area (Å²) in [4.78, 5) is 71.9. The number of carbonyl (C=O) groups excluding carboxylic acids is 4. The van der Waals surface area contributed by atoms with Crippen LogP contribution in [0.2, 0.25) is 0 Å². The second kappa shape index (κ2) is 17.3. The van der Waals surface area contributed by atoms with E-state index in [1.165, 1.54) is 26.4 Å². The van der Waals surface area contributed by atoms with Crippen LogP contribution in [0.5, 0.6) is 0 Å². The molecule has 1 saturated carbocycles. The number of benzene rings is 2. The zero-order chi connectivity index (χ0) is 45.8. The largest absolute Gasteiger partial charge is 0.453 e. The number of hydrogen-bond donors (Lipinski definition) is 4. The highest BCUT2D eigenvalue weighted by molar-refractivity contribution is 5.90. The molecule has 3 fully saturated rings. The molecule has 2 bridgehead atoms. The molecule has 4 amide bonds. The monoisotopic (exact) mass is 878 g/mol. The fourth-order valence-electron chi connectivity index (χ4n) is 10.1. The number of imidazole rings is 2. The summed E-state index contributed by atoms with van der Waals surface area (Å²) in [5.74, 6) is -2.73. The molecule has 338 valence electrons. The van der Waals surface area contributed by atoms with E-state index < -0.39 is 30.2 Å². The van der Waals surface area contributed by atoms with Crippen molar-refractivity contribution in [2.75, 3.05) is 20.8 Å². The number of amides is 4. The lowest BCUT2D eigenvalue weighted by molar-refractivity contribution is -0.139. The van der Waals surface area contributed by atoms with Crippen LogP contribution >= 0.6 is 0 Å². The molecule has 64 heavy (non-hydrogen) atoms. The van der Waals surface area contributed by atoms with Gasteiger partial charge in [0.1, 0.15) is 23.7 Å². The normalized spacial score (nSPS) is 22.2. The highest BCUT2D eigenvalue weighted by Crippen LogP contribution is 2.53. The second-order valence-corrected chi connectivity index (χ2v) is 18.0. The van der Waals surface area contributed by atoms with Gasteiger partial charge in [0.2, 0.25) is 11.8 Å².